The normalized spacial score (nSPS) is 17.0. The molecular formula is C13H26N2O2. The second-order valence-corrected chi connectivity index (χ2v) is 5.33. The first-order valence-electron chi connectivity index (χ1n) is 6.75. The van der Waals surface area contributed by atoms with Gasteiger partial charge in [0.2, 0.25) is 5.91 Å². The second-order valence-electron chi connectivity index (χ2n) is 5.33. The molecular weight excluding hydrogens is 216 g/mol. The van der Waals surface area contributed by atoms with Gasteiger partial charge in [-0.3, -0.25) is 9.69 Å². The summed E-state index contributed by atoms with van der Waals surface area (Å²) in [6.45, 7) is 6.08. The summed E-state index contributed by atoms with van der Waals surface area (Å²) >= 11 is 0. The van der Waals surface area contributed by atoms with Gasteiger partial charge in [0.15, 0.2) is 0 Å². The zero-order valence-corrected chi connectivity index (χ0v) is 11.1. The van der Waals surface area contributed by atoms with Crippen molar-refractivity contribution in [3.05, 3.63) is 0 Å². The zero-order chi connectivity index (χ0) is 12.7. The molecule has 0 saturated heterocycles. The quantitative estimate of drug-likeness (QED) is 0.700. The molecule has 0 spiro atoms. The minimum atomic E-state index is 0.0825. The number of nitrogens with zero attached hydrogens (tertiary/aromatic N) is 1. The summed E-state index contributed by atoms with van der Waals surface area (Å²) in [5, 5.41) is 12.0. The lowest BCUT2D eigenvalue weighted by Crippen LogP contribution is -2.44. The molecule has 1 rings (SSSR count). The van der Waals surface area contributed by atoms with E-state index in [2.05, 4.69) is 24.1 Å². The minimum Gasteiger partial charge on any atom is -0.395 e. The number of aliphatic hydroxyl groups excluding tert-OH is 1. The van der Waals surface area contributed by atoms with Gasteiger partial charge in [-0.1, -0.05) is 26.7 Å². The van der Waals surface area contributed by atoms with Crippen molar-refractivity contribution in [3.63, 3.8) is 0 Å². The van der Waals surface area contributed by atoms with Crippen LogP contribution in [0.4, 0.5) is 0 Å². The molecule has 0 aromatic heterocycles. The van der Waals surface area contributed by atoms with Gasteiger partial charge in [0, 0.05) is 19.1 Å². The van der Waals surface area contributed by atoms with E-state index >= 15 is 0 Å². The van der Waals surface area contributed by atoms with Crippen LogP contribution in [0.5, 0.6) is 0 Å². The molecule has 0 atom stereocenters. The lowest BCUT2D eigenvalue weighted by Gasteiger charge is -2.27. The lowest BCUT2D eigenvalue weighted by molar-refractivity contribution is -0.123. The highest BCUT2D eigenvalue weighted by Gasteiger charge is 2.23. The van der Waals surface area contributed by atoms with Crippen LogP contribution >= 0.6 is 0 Å². The molecule has 1 amide bonds. The van der Waals surface area contributed by atoms with E-state index in [-0.39, 0.29) is 12.5 Å². The van der Waals surface area contributed by atoms with E-state index < -0.39 is 0 Å². The first kappa shape index (κ1) is 14.5. The van der Waals surface area contributed by atoms with Crippen molar-refractivity contribution in [1.29, 1.82) is 0 Å². The SMILES string of the molecule is CC(C)CNC(=O)CN(CCO)C1CCCC1. The Morgan fingerprint density at radius 3 is 2.59 bits per heavy atom. The Bertz CT molecular complexity index is 225. The maximum Gasteiger partial charge on any atom is 0.234 e. The summed E-state index contributed by atoms with van der Waals surface area (Å²) in [6, 6.07) is 0.493. The van der Waals surface area contributed by atoms with Crippen molar-refractivity contribution in [2.45, 2.75) is 45.6 Å². The van der Waals surface area contributed by atoms with Crippen LogP contribution in [0.25, 0.3) is 0 Å². The van der Waals surface area contributed by atoms with Gasteiger partial charge in [0.05, 0.1) is 13.2 Å². The van der Waals surface area contributed by atoms with Gasteiger partial charge in [0.1, 0.15) is 0 Å². The summed E-state index contributed by atoms with van der Waals surface area (Å²) in [5.74, 6) is 0.566. The van der Waals surface area contributed by atoms with E-state index in [1.807, 2.05) is 0 Å². The minimum absolute atomic E-state index is 0.0825. The van der Waals surface area contributed by atoms with Crippen LogP contribution in [0.15, 0.2) is 0 Å². The molecule has 0 radical (unpaired) electrons. The summed E-state index contributed by atoms with van der Waals surface area (Å²) < 4.78 is 0. The van der Waals surface area contributed by atoms with E-state index in [0.717, 1.165) is 19.4 Å². The Balaban J connectivity index is 2.34. The molecule has 0 aromatic rings. The smallest absolute Gasteiger partial charge is 0.234 e. The Morgan fingerprint density at radius 1 is 1.41 bits per heavy atom. The molecule has 1 aliphatic rings. The van der Waals surface area contributed by atoms with E-state index in [9.17, 15) is 4.79 Å². The average molecular weight is 242 g/mol. The Labute approximate surface area is 104 Å². The Kier molecular flexibility index (Phi) is 6.52. The molecule has 0 bridgehead atoms. The molecule has 100 valence electrons. The number of hydrogen-bond donors (Lipinski definition) is 2. The monoisotopic (exact) mass is 242 g/mol. The predicted octanol–water partition coefficient (Wildman–Crippen LogP) is 0.995. The van der Waals surface area contributed by atoms with E-state index in [1.165, 1.54) is 12.8 Å². The van der Waals surface area contributed by atoms with Crippen molar-refractivity contribution >= 4 is 5.91 Å². The van der Waals surface area contributed by atoms with Gasteiger partial charge in [0.25, 0.3) is 0 Å². The molecule has 1 aliphatic carbocycles. The maximum atomic E-state index is 11.8. The molecule has 1 fully saturated rings. The fourth-order valence-corrected chi connectivity index (χ4v) is 2.35. The highest BCUT2D eigenvalue weighted by molar-refractivity contribution is 5.78. The van der Waals surface area contributed by atoms with Gasteiger partial charge in [-0.25, -0.2) is 0 Å². The number of nitrogens with one attached hydrogen (secondary N) is 1. The lowest BCUT2D eigenvalue weighted by atomic mass is 10.2. The number of aliphatic hydroxyl groups is 1. The van der Waals surface area contributed by atoms with Crippen molar-refractivity contribution in [1.82, 2.24) is 10.2 Å². The molecule has 0 aromatic carbocycles. The standard InChI is InChI=1S/C13H26N2O2/c1-11(2)9-14-13(17)10-15(7-8-16)12-5-3-4-6-12/h11-12,16H,3-10H2,1-2H3,(H,14,17). The molecule has 17 heavy (non-hydrogen) atoms. The van der Waals surface area contributed by atoms with Crippen LogP contribution in [0.2, 0.25) is 0 Å². The molecule has 2 N–H and O–H groups in total. The van der Waals surface area contributed by atoms with E-state index in [1.54, 1.807) is 0 Å². The van der Waals surface area contributed by atoms with E-state index in [0.29, 0.717) is 25.0 Å². The molecule has 0 unspecified atom stereocenters. The van der Waals surface area contributed by atoms with Crippen LogP contribution in [0, 0.1) is 5.92 Å². The number of carbonyl (C=O) groups is 1. The molecule has 4 nitrogen and oxygen atoms in total. The highest BCUT2D eigenvalue weighted by Crippen LogP contribution is 2.22. The number of hydrogen-bond acceptors (Lipinski definition) is 3. The van der Waals surface area contributed by atoms with Crippen molar-refractivity contribution < 1.29 is 9.90 Å². The summed E-state index contributed by atoms with van der Waals surface area (Å²) in [5.41, 5.74) is 0. The third-order valence-electron chi connectivity index (χ3n) is 3.28. The Hall–Kier alpha value is -0.610. The van der Waals surface area contributed by atoms with Gasteiger partial charge >= 0.3 is 0 Å². The third-order valence-corrected chi connectivity index (χ3v) is 3.28. The van der Waals surface area contributed by atoms with Crippen LogP contribution < -0.4 is 5.32 Å². The summed E-state index contributed by atoms with van der Waals surface area (Å²) in [4.78, 5) is 13.9. The summed E-state index contributed by atoms with van der Waals surface area (Å²) in [7, 11) is 0. The number of rotatable bonds is 7. The number of carbonyl (C=O) groups excluding carboxylic acids is 1. The third kappa shape index (κ3) is 5.50. The fourth-order valence-electron chi connectivity index (χ4n) is 2.35. The summed E-state index contributed by atoms with van der Waals surface area (Å²) in [6.07, 6.45) is 4.83. The van der Waals surface area contributed by atoms with Gasteiger partial charge in [-0.2, -0.15) is 0 Å². The first-order valence-corrected chi connectivity index (χ1v) is 6.75. The number of amides is 1. The molecule has 1 saturated carbocycles. The van der Waals surface area contributed by atoms with Crippen LogP contribution in [0.3, 0.4) is 0 Å². The molecule has 0 aliphatic heterocycles. The van der Waals surface area contributed by atoms with E-state index in [4.69, 9.17) is 5.11 Å². The van der Waals surface area contributed by atoms with Crippen molar-refractivity contribution in [2.75, 3.05) is 26.2 Å². The zero-order valence-electron chi connectivity index (χ0n) is 11.1. The fraction of sp³-hybridized carbons (Fsp3) is 0.923. The second kappa shape index (κ2) is 7.67. The van der Waals surface area contributed by atoms with Crippen LogP contribution in [-0.4, -0.2) is 48.2 Å². The highest BCUT2D eigenvalue weighted by atomic mass is 16.3. The molecule has 0 heterocycles. The van der Waals surface area contributed by atoms with Crippen molar-refractivity contribution in [2.24, 2.45) is 5.92 Å². The predicted molar refractivity (Wildman–Crippen MR) is 68.8 cm³/mol. The Morgan fingerprint density at radius 2 is 2.06 bits per heavy atom. The molecule has 4 heteroatoms. The van der Waals surface area contributed by atoms with Gasteiger partial charge in [-0.15, -0.1) is 0 Å². The van der Waals surface area contributed by atoms with Crippen molar-refractivity contribution in [3.8, 4) is 0 Å². The van der Waals surface area contributed by atoms with Gasteiger partial charge < -0.3 is 10.4 Å². The van der Waals surface area contributed by atoms with Crippen LogP contribution in [0.1, 0.15) is 39.5 Å². The topological polar surface area (TPSA) is 52.6 Å². The maximum absolute atomic E-state index is 11.8. The van der Waals surface area contributed by atoms with Gasteiger partial charge in [-0.05, 0) is 18.8 Å². The van der Waals surface area contributed by atoms with Crippen LogP contribution in [-0.2, 0) is 4.79 Å². The first-order chi connectivity index (χ1) is 8.13. The largest absolute Gasteiger partial charge is 0.395 e. The average Bonchev–Trinajstić information content (AvgIpc) is 2.79.